The van der Waals surface area contributed by atoms with Crippen LogP contribution in [-0.4, -0.2) is 11.5 Å². The lowest BCUT2D eigenvalue weighted by Gasteiger charge is -2.02. The van der Waals surface area contributed by atoms with Gasteiger partial charge in [-0.15, -0.1) is 0 Å². The van der Waals surface area contributed by atoms with E-state index >= 15 is 0 Å². The second-order valence-corrected chi connectivity index (χ2v) is 3.59. The van der Waals surface area contributed by atoms with Crippen molar-refractivity contribution in [2.45, 2.75) is 19.4 Å². The molecule has 1 heterocycles. The molecule has 1 aliphatic carbocycles. The van der Waals surface area contributed by atoms with E-state index in [9.17, 15) is 4.39 Å². The van der Waals surface area contributed by atoms with E-state index in [0.29, 0.717) is 0 Å². The van der Waals surface area contributed by atoms with Crippen molar-refractivity contribution in [3.8, 4) is 0 Å². The van der Waals surface area contributed by atoms with E-state index in [4.69, 9.17) is 0 Å². The topological polar surface area (TPSA) is 24.9 Å². The van der Waals surface area contributed by atoms with Gasteiger partial charge in [0.25, 0.3) is 0 Å². The Balaban J connectivity index is 1.79. The Hall–Kier alpha value is -0.960. The van der Waals surface area contributed by atoms with Gasteiger partial charge < -0.3 is 5.32 Å². The standard InChI is InChI=1S/C10H13FN2/c11-10-3-9(6-13-7-10)5-12-4-8-1-2-8/h3,6-8,12H,1-2,4-5H2. The summed E-state index contributed by atoms with van der Waals surface area (Å²) < 4.78 is 12.7. The molecule has 1 aliphatic rings. The predicted molar refractivity (Wildman–Crippen MR) is 48.6 cm³/mol. The van der Waals surface area contributed by atoms with Crippen LogP contribution in [0, 0.1) is 11.7 Å². The first-order valence-electron chi connectivity index (χ1n) is 4.65. The van der Waals surface area contributed by atoms with Gasteiger partial charge in [-0.3, -0.25) is 4.98 Å². The van der Waals surface area contributed by atoms with E-state index in [1.807, 2.05) is 0 Å². The van der Waals surface area contributed by atoms with Gasteiger partial charge in [-0.05, 0) is 36.9 Å². The fourth-order valence-electron chi connectivity index (χ4n) is 1.30. The van der Waals surface area contributed by atoms with E-state index in [2.05, 4.69) is 10.3 Å². The summed E-state index contributed by atoms with van der Waals surface area (Å²) in [6.07, 6.45) is 5.61. The molecule has 0 bridgehead atoms. The Morgan fingerprint density at radius 2 is 2.31 bits per heavy atom. The van der Waals surface area contributed by atoms with Gasteiger partial charge in [0, 0.05) is 12.7 Å². The Labute approximate surface area is 77.2 Å². The van der Waals surface area contributed by atoms with Crippen molar-refractivity contribution in [1.29, 1.82) is 0 Å². The molecule has 13 heavy (non-hydrogen) atoms. The van der Waals surface area contributed by atoms with E-state index in [-0.39, 0.29) is 5.82 Å². The highest BCUT2D eigenvalue weighted by Gasteiger charge is 2.19. The number of nitrogens with zero attached hydrogens (tertiary/aromatic N) is 1. The van der Waals surface area contributed by atoms with Crippen molar-refractivity contribution in [1.82, 2.24) is 10.3 Å². The fourth-order valence-corrected chi connectivity index (χ4v) is 1.30. The molecular weight excluding hydrogens is 167 g/mol. The quantitative estimate of drug-likeness (QED) is 0.763. The molecule has 0 amide bonds. The highest BCUT2D eigenvalue weighted by molar-refractivity contribution is 5.09. The molecule has 2 rings (SSSR count). The summed E-state index contributed by atoms with van der Waals surface area (Å²) >= 11 is 0. The van der Waals surface area contributed by atoms with Crippen LogP contribution in [0.3, 0.4) is 0 Å². The molecule has 1 fully saturated rings. The number of pyridine rings is 1. The summed E-state index contributed by atoms with van der Waals surface area (Å²) in [5.41, 5.74) is 0.917. The molecule has 0 radical (unpaired) electrons. The zero-order chi connectivity index (χ0) is 9.10. The zero-order valence-electron chi connectivity index (χ0n) is 7.46. The first-order chi connectivity index (χ1) is 6.34. The molecule has 1 aromatic heterocycles. The van der Waals surface area contributed by atoms with Gasteiger partial charge in [0.1, 0.15) is 5.82 Å². The lowest BCUT2D eigenvalue weighted by Crippen LogP contribution is -2.16. The van der Waals surface area contributed by atoms with Gasteiger partial charge in [0.15, 0.2) is 0 Å². The van der Waals surface area contributed by atoms with Crippen molar-refractivity contribution in [3.63, 3.8) is 0 Å². The molecule has 1 N–H and O–H groups in total. The van der Waals surface area contributed by atoms with E-state index in [0.717, 1.165) is 24.6 Å². The Morgan fingerprint density at radius 1 is 1.46 bits per heavy atom. The predicted octanol–water partition coefficient (Wildman–Crippen LogP) is 1.72. The van der Waals surface area contributed by atoms with Gasteiger partial charge in [-0.2, -0.15) is 0 Å². The second kappa shape index (κ2) is 3.83. The lowest BCUT2D eigenvalue weighted by molar-refractivity contribution is 0.606. The molecule has 1 saturated carbocycles. The molecule has 70 valence electrons. The minimum absolute atomic E-state index is 0.259. The van der Waals surface area contributed by atoms with Gasteiger partial charge in [-0.25, -0.2) is 4.39 Å². The Kier molecular flexibility index (Phi) is 2.54. The third-order valence-electron chi connectivity index (χ3n) is 2.22. The van der Waals surface area contributed by atoms with Crippen LogP contribution in [-0.2, 0) is 6.54 Å². The molecule has 0 unspecified atom stereocenters. The maximum Gasteiger partial charge on any atom is 0.141 e. The zero-order valence-corrected chi connectivity index (χ0v) is 7.46. The molecule has 0 aromatic carbocycles. The summed E-state index contributed by atoms with van der Waals surface area (Å²) in [5.74, 6) is 0.604. The van der Waals surface area contributed by atoms with Gasteiger partial charge in [-0.1, -0.05) is 0 Å². The van der Waals surface area contributed by atoms with Crippen LogP contribution >= 0.6 is 0 Å². The number of hydrogen-bond acceptors (Lipinski definition) is 2. The third kappa shape index (κ3) is 2.77. The van der Waals surface area contributed by atoms with Crippen LogP contribution in [0.25, 0.3) is 0 Å². The largest absolute Gasteiger partial charge is 0.312 e. The summed E-state index contributed by atoms with van der Waals surface area (Å²) in [4.78, 5) is 3.78. The first kappa shape index (κ1) is 8.63. The molecule has 2 nitrogen and oxygen atoms in total. The van der Waals surface area contributed by atoms with Crippen molar-refractivity contribution < 1.29 is 4.39 Å². The van der Waals surface area contributed by atoms with Crippen molar-refractivity contribution >= 4 is 0 Å². The average molecular weight is 180 g/mol. The number of nitrogens with one attached hydrogen (secondary N) is 1. The second-order valence-electron chi connectivity index (χ2n) is 3.59. The number of halogens is 1. The summed E-state index contributed by atoms with van der Waals surface area (Å²) in [6.45, 7) is 1.78. The molecule has 0 spiro atoms. The van der Waals surface area contributed by atoms with Crippen molar-refractivity contribution in [2.75, 3.05) is 6.54 Å². The van der Waals surface area contributed by atoms with Crippen LogP contribution < -0.4 is 5.32 Å². The molecular formula is C10H13FN2. The van der Waals surface area contributed by atoms with Crippen LogP contribution in [0.2, 0.25) is 0 Å². The summed E-state index contributed by atoms with van der Waals surface area (Å²) in [7, 11) is 0. The number of rotatable bonds is 4. The highest BCUT2D eigenvalue weighted by atomic mass is 19.1. The molecule has 0 aliphatic heterocycles. The van der Waals surface area contributed by atoms with Crippen molar-refractivity contribution in [3.05, 3.63) is 29.8 Å². The van der Waals surface area contributed by atoms with Crippen LogP contribution in [0.15, 0.2) is 18.5 Å². The van der Waals surface area contributed by atoms with E-state index in [1.54, 1.807) is 6.20 Å². The molecule has 0 saturated heterocycles. The Bertz CT molecular complexity index is 284. The van der Waals surface area contributed by atoms with Gasteiger partial charge >= 0.3 is 0 Å². The van der Waals surface area contributed by atoms with E-state index in [1.165, 1.54) is 25.1 Å². The minimum Gasteiger partial charge on any atom is -0.312 e. The summed E-state index contributed by atoms with van der Waals surface area (Å²) in [6, 6.07) is 1.52. The average Bonchev–Trinajstić information content (AvgIpc) is 2.88. The monoisotopic (exact) mass is 180 g/mol. The first-order valence-corrected chi connectivity index (χ1v) is 4.65. The van der Waals surface area contributed by atoms with Crippen LogP contribution in [0.4, 0.5) is 4.39 Å². The van der Waals surface area contributed by atoms with E-state index < -0.39 is 0 Å². The van der Waals surface area contributed by atoms with Crippen LogP contribution in [0.5, 0.6) is 0 Å². The maximum absolute atomic E-state index is 12.7. The normalized spacial score (nSPS) is 16.1. The van der Waals surface area contributed by atoms with Crippen LogP contribution in [0.1, 0.15) is 18.4 Å². The summed E-state index contributed by atoms with van der Waals surface area (Å²) in [5, 5.41) is 3.28. The molecule has 0 atom stereocenters. The van der Waals surface area contributed by atoms with Gasteiger partial charge in [0.05, 0.1) is 6.20 Å². The number of aromatic nitrogens is 1. The Morgan fingerprint density at radius 3 is 3.00 bits per heavy atom. The fraction of sp³-hybridized carbons (Fsp3) is 0.500. The maximum atomic E-state index is 12.7. The van der Waals surface area contributed by atoms with Crippen molar-refractivity contribution in [2.24, 2.45) is 5.92 Å². The number of hydrogen-bond donors (Lipinski definition) is 1. The lowest BCUT2D eigenvalue weighted by atomic mass is 10.3. The SMILES string of the molecule is Fc1cncc(CNCC2CC2)c1. The smallest absolute Gasteiger partial charge is 0.141 e. The minimum atomic E-state index is -0.259. The van der Waals surface area contributed by atoms with Gasteiger partial charge in [0.2, 0.25) is 0 Å². The third-order valence-corrected chi connectivity index (χ3v) is 2.22. The highest BCUT2D eigenvalue weighted by Crippen LogP contribution is 2.27. The molecule has 3 heteroatoms. The molecule has 1 aromatic rings.